The summed E-state index contributed by atoms with van der Waals surface area (Å²) < 4.78 is 13.1. The van der Waals surface area contributed by atoms with Crippen molar-refractivity contribution in [1.29, 1.82) is 0 Å². The van der Waals surface area contributed by atoms with Crippen LogP contribution in [0.5, 0.6) is 0 Å². The summed E-state index contributed by atoms with van der Waals surface area (Å²) in [7, 11) is 0. The fourth-order valence-corrected chi connectivity index (χ4v) is 2.29. The smallest absolute Gasteiger partial charge is 0.224 e. The Morgan fingerprint density at radius 3 is 2.67 bits per heavy atom. The van der Waals surface area contributed by atoms with Crippen LogP contribution in [0.2, 0.25) is 0 Å². The van der Waals surface area contributed by atoms with E-state index in [1.54, 1.807) is 6.07 Å². The third-order valence-electron chi connectivity index (χ3n) is 3.34. The largest absolute Gasteiger partial charge is 0.326 e. The average molecular weight is 285 g/mol. The molecule has 0 heterocycles. The Morgan fingerprint density at radius 2 is 1.90 bits per heavy atom. The molecule has 110 valence electrons. The lowest BCUT2D eigenvalue weighted by molar-refractivity contribution is -0.116. The lowest BCUT2D eigenvalue weighted by atomic mass is 10.1. The normalized spacial score (nSPS) is 10.4. The maximum Gasteiger partial charge on any atom is 0.224 e. The number of amides is 1. The first-order valence-electron chi connectivity index (χ1n) is 7.31. The molecular formula is C18H20FNO. The van der Waals surface area contributed by atoms with Gasteiger partial charge >= 0.3 is 0 Å². The number of nitrogens with one attached hydrogen (secondary N) is 1. The quantitative estimate of drug-likeness (QED) is 0.840. The van der Waals surface area contributed by atoms with E-state index in [1.165, 1.54) is 12.1 Å². The monoisotopic (exact) mass is 285 g/mol. The van der Waals surface area contributed by atoms with Crippen LogP contribution in [0.15, 0.2) is 48.5 Å². The Morgan fingerprint density at radius 1 is 1.10 bits per heavy atom. The van der Waals surface area contributed by atoms with Crippen LogP contribution in [-0.4, -0.2) is 5.91 Å². The summed E-state index contributed by atoms with van der Waals surface area (Å²) in [6, 6.07) is 14.2. The highest BCUT2D eigenvalue weighted by molar-refractivity contribution is 5.91. The molecule has 0 aliphatic heterocycles. The van der Waals surface area contributed by atoms with Crippen molar-refractivity contribution in [1.82, 2.24) is 0 Å². The molecule has 2 nitrogen and oxygen atoms in total. The molecule has 1 amide bonds. The highest BCUT2D eigenvalue weighted by Gasteiger charge is 2.06. The number of aryl methyl sites for hydroxylation is 2. The second-order valence-electron chi connectivity index (χ2n) is 5.09. The Balaban J connectivity index is 1.93. The van der Waals surface area contributed by atoms with Gasteiger partial charge in [-0.2, -0.15) is 0 Å². The molecule has 3 heteroatoms. The summed E-state index contributed by atoms with van der Waals surface area (Å²) in [5.41, 5.74) is 2.87. The fourth-order valence-electron chi connectivity index (χ4n) is 2.29. The zero-order valence-corrected chi connectivity index (χ0v) is 12.2. The summed E-state index contributed by atoms with van der Waals surface area (Å²) in [5, 5.41) is 2.95. The first kappa shape index (κ1) is 15.2. The van der Waals surface area contributed by atoms with Crippen LogP contribution in [0.4, 0.5) is 10.1 Å². The van der Waals surface area contributed by atoms with Crippen LogP contribution in [0, 0.1) is 5.82 Å². The van der Waals surface area contributed by atoms with Gasteiger partial charge in [-0.05, 0) is 42.2 Å². The van der Waals surface area contributed by atoms with Gasteiger partial charge in [0, 0.05) is 12.1 Å². The van der Waals surface area contributed by atoms with E-state index in [0.717, 1.165) is 29.7 Å². The van der Waals surface area contributed by atoms with E-state index < -0.39 is 0 Å². The van der Waals surface area contributed by atoms with Crippen molar-refractivity contribution < 1.29 is 9.18 Å². The molecule has 0 saturated heterocycles. The summed E-state index contributed by atoms with van der Waals surface area (Å²) in [6.45, 7) is 2.11. The molecule has 0 bridgehead atoms. The van der Waals surface area contributed by atoms with E-state index in [9.17, 15) is 9.18 Å². The van der Waals surface area contributed by atoms with Gasteiger partial charge in [0.15, 0.2) is 0 Å². The average Bonchev–Trinajstić information content (AvgIpc) is 2.48. The van der Waals surface area contributed by atoms with E-state index in [2.05, 4.69) is 12.2 Å². The second-order valence-corrected chi connectivity index (χ2v) is 5.09. The lowest BCUT2D eigenvalue weighted by Gasteiger charge is -2.10. The van der Waals surface area contributed by atoms with Gasteiger partial charge in [0.25, 0.3) is 0 Å². The van der Waals surface area contributed by atoms with E-state index in [4.69, 9.17) is 0 Å². The van der Waals surface area contributed by atoms with Crippen molar-refractivity contribution in [2.45, 2.75) is 32.6 Å². The molecule has 21 heavy (non-hydrogen) atoms. The standard InChI is InChI=1S/C18H20FNO/c1-2-6-15-8-3-4-10-17(15)20-18(21)12-11-14-7-5-9-16(19)13-14/h3-5,7-10,13H,2,6,11-12H2,1H3,(H,20,21). The Labute approximate surface area is 125 Å². The minimum Gasteiger partial charge on any atom is -0.326 e. The number of hydrogen-bond donors (Lipinski definition) is 1. The van der Waals surface area contributed by atoms with Gasteiger partial charge in [0.1, 0.15) is 5.82 Å². The molecule has 2 rings (SSSR count). The minimum atomic E-state index is -0.263. The number of benzene rings is 2. The van der Waals surface area contributed by atoms with E-state index >= 15 is 0 Å². The number of para-hydroxylation sites is 1. The van der Waals surface area contributed by atoms with Crippen LogP contribution < -0.4 is 5.32 Å². The predicted molar refractivity (Wildman–Crippen MR) is 83.8 cm³/mol. The number of anilines is 1. The van der Waals surface area contributed by atoms with Gasteiger partial charge in [0.2, 0.25) is 5.91 Å². The molecule has 0 spiro atoms. The van der Waals surface area contributed by atoms with Crippen molar-refractivity contribution in [3.63, 3.8) is 0 Å². The predicted octanol–water partition coefficient (Wildman–Crippen LogP) is 4.35. The number of rotatable bonds is 6. The van der Waals surface area contributed by atoms with Gasteiger partial charge < -0.3 is 5.32 Å². The van der Waals surface area contributed by atoms with Crippen molar-refractivity contribution in [3.05, 3.63) is 65.5 Å². The maximum absolute atomic E-state index is 13.1. The zero-order chi connectivity index (χ0) is 15.1. The molecule has 0 radical (unpaired) electrons. The van der Waals surface area contributed by atoms with Crippen LogP contribution in [0.3, 0.4) is 0 Å². The summed E-state index contributed by atoms with van der Waals surface area (Å²) >= 11 is 0. The molecular weight excluding hydrogens is 265 g/mol. The molecule has 0 fully saturated rings. The van der Waals surface area contributed by atoms with Gasteiger partial charge in [0.05, 0.1) is 0 Å². The van der Waals surface area contributed by atoms with Crippen LogP contribution >= 0.6 is 0 Å². The molecule has 0 aromatic heterocycles. The van der Waals surface area contributed by atoms with Crippen LogP contribution in [-0.2, 0) is 17.6 Å². The highest BCUT2D eigenvalue weighted by Crippen LogP contribution is 2.17. The summed E-state index contributed by atoms with van der Waals surface area (Å²) in [6.07, 6.45) is 2.87. The number of hydrogen-bond acceptors (Lipinski definition) is 1. The SMILES string of the molecule is CCCc1ccccc1NC(=O)CCc1cccc(F)c1. The van der Waals surface area contributed by atoms with Crippen molar-refractivity contribution >= 4 is 11.6 Å². The van der Waals surface area contributed by atoms with Gasteiger partial charge in [-0.1, -0.05) is 43.7 Å². The number of halogens is 1. The van der Waals surface area contributed by atoms with Gasteiger partial charge in [-0.15, -0.1) is 0 Å². The zero-order valence-electron chi connectivity index (χ0n) is 12.2. The van der Waals surface area contributed by atoms with Crippen molar-refractivity contribution in [3.8, 4) is 0 Å². The Hall–Kier alpha value is -2.16. The molecule has 0 atom stereocenters. The number of carbonyl (C=O) groups excluding carboxylic acids is 1. The molecule has 0 saturated carbocycles. The molecule has 0 aliphatic carbocycles. The summed E-state index contributed by atoms with van der Waals surface area (Å²) in [4.78, 5) is 12.0. The molecule has 2 aromatic carbocycles. The molecule has 2 aromatic rings. The highest BCUT2D eigenvalue weighted by atomic mass is 19.1. The van der Waals surface area contributed by atoms with Crippen LogP contribution in [0.25, 0.3) is 0 Å². The van der Waals surface area contributed by atoms with Crippen molar-refractivity contribution in [2.24, 2.45) is 0 Å². The van der Waals surface area contributed by atoms with E-state index in [1.807, 2.05) is 30.3 Å². The topological polar surface area (TPSA) is 29.1 Å². The van der Waals surface area contributed by atoms with Gasteiger partial charge in [-0.25, -0.2) is 4.39 Å². The van der Waals surface area contributed by atoms with Crippen LogP contribution in [0.1, 0.15) is 30.9 Å². The Kier molecular flexibility index (Phi) is 5.50. The first-order valence-corrected chi connectivity index (χ1v) is 7.31. The fraction of sp³-hybridized carbons (Fsp3) is 0.278. The molecule has 0 aliphatic rings. The molecule has 1 N–H and O–H groups in total. The summed E-state index contributed by atoms with van der Waals surface area (Å²) in [5.74, 6) is -0.302. The first-order chi connectivity index (χ1) is 10.2. The lowest BCUT2D eigenvalue weighted by Crippen LogP contribution is -2.13. The third-order valence-corrected chi connectivity index (χ3v) is 3.34. The minimum absolute atomic E-state index is 0.0391. The van der Waals surface area contributed by atoms with E-state index in [-0.39, 0.29) is 11.7 Å². The number of carbonyl (C=O) groups is 1. The third kappa shape index (κ3) is 4.71. The molecule has 0 unspecified atom stereocenters. The Bertz CT molecular complexity index is 610. The van der Waals surface area contributed by atoms with Gasteiger partial charge in [-0.3, -0.25) is 4.79 Å². The van der Waals surface area contributed by atoms with Crippen molar-refractivity contribution in [2.75, 3.05) is 5.32 Å². The maximum atomic E-state index is 13.1. The second kappa shape index (κ2) is 7.58. The van der Waals surface area contributed by atoms with E-state index in [0.29, 0.717) is 12.8 Å².